The maximum absolute atomic E-state index is 13.8. The zero-order chi connectivity index (χ0) is 20.8. The molecule has 154 valence electrons. The minimum absolute atomic E-state index is 0.0989. The van der Waals surface area contributed by atoms with Crippen molar-refractivity contribution >= 4 is 10.9 Å². The number of likely N-dealkylation sites (N-methyl/N-ethyl adjacent to an activating group) is 1. The van der Waals surface area contributed by atoms with Gasteiger partial charge >= 0.3 is 0 Å². The standard InChI is InChI=1S/C22H25F3N4/c1-15-10-20-16(12-26-29(20)18-6-4-17(23)5-7-18)11-19(15)21-13-27(3)8-9-28(21)14-22(2,24)25/h4-7,10-12,21H,8-9,13-14H2,1-3H3/t21-/m0/s1. The smallest absolute Gasteiger partial charge is 0.257 e. The Bertz CT molecular complexity index is 1010. The molecule has 0 aliphatic carbocycles. The van der Waals surface area contributed by atoms with Gasteiger partial charge in [-0.3, -0.25) is 4.90 Å². The van der Waals surface area contributed by atoms with Crippen LogP contribution in [0.15, 0.2) is 42.6 Å². The molecule has 4 rings (SSSR count). The lowest BCUT2D eigenvalue weighted by atomic mass is 9.96. The van der Waals surface area contributed by atoms with Crippen molar-refractivity contribution in [3.63, 3.8) is 0 Å². The molecule has 7 heteroatoms. The number of rotatable bonds is 4. The quantitative estimate of drug-likeness (QED) is 0.646. The molecule has 0 radical (unpaired) electrons. The van der Waals surface area contributed by atoms with E-state index in [1.165, 1.54) is 12.1 Å². The molecular weight excluding hydrogens is 377 g/mol. The molecule has 1 atom stereocenters. The molecule has 0 spiro atoms. The number of aryl methyl sites for hydroxylation is 1. The van der Waals surface area contributed by atoms with E-state index < -0.39 is 5.92 Å². The maximum atomic E-state index is 13.8. The molecule has 0 saturated carbocycles. The van der Waals surface area contributed by atoms with Crippen LogP contribution in [0, 0.1) is 12.7 Å². The summed E-state index contributed by atoms with van der Waals surface area (Å²) in [5, 5.41) is 5.40. The summed E-state index contributed by atoms with van der Waals surface area (Å²) in [5.41, 5.74) is 3.77. The minimum Gasteiger partial charge on any atom is -0.303 e. The highest BCUT2D eigenvalue weighted by Crippen LogP contribution is 2.33. The van der Waals surface area contributed by atoms with E-state index in [0.29, 0.717) is 13.1 Å². The Labute approximate surface area is 168 Å². The summed E-state index contributed by atoms with van der Waals surface area (Å²) < 4.78 is 42.6. The lowest BCUT2D eigenvalue weighted by Gasteiger charge is -2.41. The molecule has 29 heavy (non-hydrogen) atoms. The van der Waals surface area contributed by atoms with Crippen LogP contribution in [-0.4, -0.2) is 58.7 Å². The van der Waals surface area contributed by atoms with Crippen LogP contribution in [0.4, 0.5) is 13.2 Å². The normalized spacial score (nSPS) is 19.2. The number of aromatic nitrogens is 2. The lowest BCUT2D eigenvalue weighted by Crippen LogP contribution is -2.50. The van der Waals surface area contributed by atoms with Crippen LogP contribution in [0.25, 0.3) is 16.6 Å². The second-order valence-electron chi connectivity index (χ2n) is 8.12. The van der Waals surface area contributed by atoms with Gasteiger partial charge in [-0.2, -0.15) is 5.10 Å². The van der Waals surface area contributed by atoms with Gasteiger partial charge in [0.2, 0.25) is 0 Å². The summed E-state index contributed by atoms with van der Waals surface area (Å²) in [6.07, 6.45) is 1.77. The zero-order valence-corrected chi connectivity index (χ0v) is 16.9. The van der Waals surface area contributed by atoms with E-state index in [9.17, 15) is 13.2 Å². The van der Waals surface area contributed by atoms with Crippen molar-refractivity contribution < 1.29 is 13.2 Å². The Balaban J connectivity index is 1.73. The number of benzene rings is 2. The number of nitrogens with zero attached hydrogens (tertiary/aromatic N) is 4. The predicted molar refractivity (Wildman–Crippen MR) is 108 cm³/mol. The summed E-state index contributed by atoms with van der Waals surface area (Å²) in [6, 6.07) is 10.2. The summed E-state index contributed by atoms with van der Waals surface area (Å²) in [6.45, 7) is 4.82. The highest BCUT2D eigenvalue weighted by atomic mass is 19.3. The van der Waals surface area contributed by atoms with Crippen molar-refractivity contribution in [2.45, 2.75) is 25.8 Å². The summed E-state index contributed by atoms with van der Waals surface area (Å²) in [5.74, 6) is -3.03. The highest BCUT2D eigenvalue weighted by molar-refractivity contribution is 5.82. The Hall–Kier alpha value is -2.38. The number of alkyl halides is 2. The average molecular weight is 402 g/mol. The largest absolute Gasteiger partial charge is 0.303 e. The molecule has 0 bridgehead atoms. The van der Waals surface area contributed by atoms with Gasteiger partial charge < -0.3 is 4.90 Å². The number of hydrogen-bond donors (Lipinski definition) is 0. The first-order valence-corrected chi connectivity index (χ1v) is 9.76. The molecule has 0 amide bonds. The van der Waals surface area contributed by atoms with Gasteiger partial charge in [0.15, 0.2) is 0 Å². The van der Waals surface area contributed by atoms with Gasteiger partial charge in [-0.15, -0.1) is 0 Å². The van der Waals surface area contributed by atoms with Crippen LogP contribution in [0.5, 0.6) is 0 Å². The van der Waals surface area contributed by atoms with Crippen LogP contribution >= 0.6 is 0 Å². The molecule has 3 aromatic rings. The Kier molecular flexibility index (Phi) is 5.12. The summed E-state index contributed by atoms with van der Waals surface area (Å²) >= 11 is 0. The van der Waals surface area contributed by atoms with Crippen molar-refractivity contribution in [1.29, 1.82) is 0 Å². The van der Waals surface area contributed by atoms with Crippen LogP contribution < -0.4 is 0 Å². The minimum atomic E-state index is -2.74. The van der Waals surface area contributed by atoms with Crippen LogP contribution in [0.3, 0.4) is 0 Å². The van der Waals surface area contributed by atoms with E-state index in [1.807, 2.05) is 24.9 Å². The maximum Gasteiger partial charge on any atom is 0.257 e. The fraction of sp³-hybridized carbons (Fsp3) is 0.409. The molecule has 1 saturated heterocycles. The summed E-state index contributed by atoms with van der Waals surface area (Å²) in [4.78, 5) is 4.07. The van der Waals surface area contributed by atoms with Crippen molar-refractivity contribution in [3.05, 3.63) is 59.5 Å². The van der Waals surface area contributed by atoms with Gasteiger partial charge in [0.25, 0.3) is 5.92 Å². The number of hydrogen-bond acceptors (Lipinski definition) is 3. The monoisotopic (exact) mass is 402 g/mol. The van der Waals surface area contributed by atoms with E-state index in [-0.39, 0.29) is 18.4 Å². The second-order valence-corrected chi connectivity index (χ2v) is 8.12. The van der Waals surface area contributed by atoms with Crippen molar-refractivity contribution in [1.82, 2.24) is 19.6 Å². The molecule has 2 heterocycles. The SMILES string of the molecule is Cc1cc2c(cnn2-c2ccc(F)cc2)cc1[C@@H]1CN(C)CCN1CC(C)(F)F. The Morgan fingerprint density at radius 3 is 2.55 bits per heavy atom. The third-order valence-corrected chi connectivity index (χ3v) is 5.56. The first kappa shape index (κ1) is 19.9. The third-order valence-electron chi connectivity index (χ3n) is 5.56. The van der Waals surface area contributed by atoms with Crippen molar-refractivity contribution in [3.8, 4) is 5.69 Å². The van der Waals surface area contributed by atoms with Crippen molar-refractivity contribution in [2.24, 2.45) is 0 Å². The average Bonchev–Trinajstić information content (AvgIpc) is 3.05. The van der Waals surface area contributed by atoms with Crippen LogP contribution in [0.1, 0.15) is 24.1 Å². The molecule has 0 N–H and O–H groups in total. The second kappa shape index (κ2) is 7.46. The number of halogens is 3. The third kappa shape index (κ3) is 4.16. The topological polar surface area (TPSA) is 24.3 Å². The summed E-state index contributed by atoms with van der Waals surface area (Å²) in [7, 11) is 2.02. The predicted octanol–water partition coefficient (Wildman–Crippen LogP) is 4.42. The van der Waals surface area contributed by atoms with Crippen molar-refractivity contribution in [2.75, 3.05) is 33.2 Å². The first-order chi connectivity index (χ1) is 13.7. The van der Waals surface area contributed by atoms with E-state index >= 15 is 0 Å². The molecule has 1 aliphatic heterocycles. The first-order valence-electron chi connectivity index (χ1n) is 9.76. The van der Waals surface area contributed by atoms with Crippen LogP contribution in [0.2, 0.25) is 0 Å². The van der Waals surface area contributed by atoms with Gasteiger partial charge in [0, 0.05) is 38.0 Å². The zero-order valence-electron chi connectivity index (χ0n) is 16.9. The number of fused-ring (bicyclic) bond motifs is 1. The molecule has 1 aromatic heterocycles. The van der Waals surface area contributed by atoms with E-state index in [2.05, 4.69) is 16.1 Å². The van der Waals surface area contributed by atoms with Gasteiger partial charge in [-0.25, -0.2) is 17.9 Å². The van der Waals surface area contributed by atoms with Gasteiger partial charge in [-0.1, -0.05) is 0 Å². The fourth-order valence-electron chi connectivity index (χ4n) is 4.14. The van der Waals surface area contributed by atoms with Gasteiger partial charge in [0.1, 0.15) is 5.82 Å². The van der Waals surface area contributed by atoms with Gasteiger partial charge in [-0.05, 0) is 61.5 Å². The van der Waals surface area contributed by atoms with E-state index in [1.54, 1.807) is 23.0 Å². The van der Waals surface area contributed by atoms with E-state index in [0.717, 1.165) is 41.2 Å². The molecule has 1 fully saturated rings. The highest BCUT2D eigenvalue weighted by Gasteiger charge is 2.34. The lowest BCUT2D eigenvalue weighted by molar-refractivity contribution is -0.0422. The van der Waals surface area contributed by atoms with Gasteiger partial charge in [0.05, 0.1) is 23.9 Å². The fourth-order valence-corrected chi connectivity index (χ4v) is 4.14. The molecule has 4 nitrogen and oxygen atoms in total. The van der Waals surface area contributed by atoms with Crippen LogP contribution in [-0.2, 0) is 0 Å². The van der Waals surface area contributed by atoms with E-state index in [4.69, 9.17) is 0 Å². The number of piperazine rings is 1. The molecular formula is C22H25F3N4. The molecule has 0 unspecified atom stereocenters. The molecule has 1 aliphatic rings. The Morgan fingerprint density at radius 1 is 1.14 bits per heavy atom. The molecule has 2 aromatic carbocycles. The Morgan fingerprint density at radius 2 is 1.86 bits per heavy atom.